The molecule has 1 saturated heterocycles. The van der Waals surface area contributed by atoms with Gasteiger partial charge < -0.3 is 14.6 Å². The van der Waals surface area contributed by atoms with Gasteiger partial charge in [0, 0.05) is 41.3 Å². The molecule has 7 heteroatoms. The molecule has 3 aromatic heterocycles. The number of amides is 1. The number of aromatic amines is 1. The van der Waals surface area contributed by atoms with E-state index in [1.165, 1.54) is 16.5 Å². The molecule has 5 rings (SSSR count). The number of nitrogens with one attached hydrogen (secondary N) is 1. The first-order valence-corrected chi connectivity index (χ1v) is 13.1. The molecule has 0 bridgehead atoms. The number of aromatic nitrogens is 4. The number of fused-ring (bicyclic) bond motifs is 2. The molecule has 1 fully saturated rings. The Hall–Kier alpha value is -3.61. The van der Waals surface area contributed by atoms with Gasteiger partial charge in [0.2, 0.25) is 0 Å². The average molecular weight is 500 g/mol. The van der Waals surface area contributed by atoms with Crippen molar-refractivity contribution in [3.8, 4) is 11.3 Å². The Morgan fingerprint density at radius 2 is 1.92 bits per heavy atom. The Bertz CT molecular complexity index is 1480. The van der Waals surface area contributed by atoms with Crippen molar-refractivity contribution in [2.45, 2.75) is 71.8 Å². The van der Waals surface area contributed by atoms with Gasteiger partial charge in [-0.25, -0.2) is 14.3 Å². The van der Waals surface area contributed by atoms with Gasteiger partial charge in [-0.05, 0) is 87.3 Å². The van der Waals surface area contributed by atoms with Crippen molar-refractivity contribution in [1.29, 1.82) is 0 Å². The van der Waals surface area contributed by atoms with Gasteiger partial charge in [0.15, 0.2) is 5.65 Å². The van der Waals surface area contributed by atoms with Crippen LogP contribution in [0, 0.1) is 0 Å². The molecule has 194 valence electrons. The van der Waals surface area contributed by atoms with Crippen LogP contribution in [0.4, 0.5) is 4.79 Å². The number of carbonyl (C=O) groups is 1. The van der Waals surface area contributed by atoms with Crippen LogP contribution < -0.4 is 0 Å². The highest BCUT2D eigenvalue weighted by Gasteiger charge is 2.28. The molecule has 0 radical (unpaired) electrons. The predicted molar refractivity (Wildman–Crippen MR) is 149 cm³/mol. The molecule has 0 aliphatic carbocycles. The number of H-pyrrole nitrogens is 1. The summed E-state index contributed by atoms with van der Waals surface area (Å²) in [5.74, 6) is 0.746. The smallest absolute Gasteiger partial charge is 0.410 e. The molecule has 1 amide bonds. The zero-order chi connectivity index (χ0) is 26.5. The molecule has 1 aliphatic heterocycles. The molecule has 7 nitrogen and oxygen atoms in total. The van der Waals surface area contributed by atoms with Crippen LogP contribution in [0.3, 0.4) is 0 Å². The monoisotopic (exact) mass is 499 g/mol. The molecule has 4 heterocycles. The molecule has 0 spiro atoms. The number of ether oxygens (including phenoxy) is 1. The molecule has 1 aliphatic rings. The van der Waals surface area contributed by atoms with Crippen molar-refractivity contribution >= 4 is 28.2 Å². The van der Waals surface area contributed by atoms with Crippen LogP contribution >= 0.6 is 0 Å². The van der Waals surface area contributed by atoms with Crippen LogP contribution in [0.25, 0.3) is 33.4 Å². The van der Waals surface area contributed by atoms with Gasteiger partial charge in [0.25, 0.3) is 0 Å². The summed E-state index contributed by atoms with van der Waals surface area (Å²) in [7, 11) is 0. The summed E-state index contributed by atoms with van der Waals surface area (Å²) in [4.78, 5) is 22.5. The van der Waals surface area contributed by atoms with Crippen molar-refractivity contribution in [3.63, 3.8) is 0 Å². The predicted octanol–water partition coefficient (Wildman–Crippen LogP) is 7.15. The molecule has 37 heavy (non-hydrogen) atoms. The molecule has 0 unspecified atom stereocenters. The maximum atomic E-state index is 12.5. The fourth-order valence-electron chi connectivity index (χ4n) is 5.41. The molecule has 1 aromatic carbocycles. The van der Waals surface area contributed by atoms with E-state index in [1.54, 1.807) is 6.33 Å². The minimum Gasteiger partial charge on any atom is -0.444 e. The van der Waals surface area contributed by atoms with Crippen LogP contribution in [0.2, 0.25) is 0 Å². The summed E-state index contributed by atoms with van der Waals surface area (Å²) in [5.41, 5.74) is 8.26. The summed E-state index contributed by atoms with van der Waals surface area (Å²) >= 11 is 0. The standard InChI is InChI=1S/C30H37N5O2/c1-18(2)23-15-22(16-35-28(23)31-17-32-35)27-26(19(3)4)24-14-21(8-9-25(24)33-27)20-10-12-34(13-11-20)29(36)37-30(5,6)7/h8-9,14-17,19-20,33H,1,10-13H2,2-7H3. The summed E-state index contributed by atoms with van der Waals surface area (Å²) in [6.45, 7) is 17.8. The maximum Gasteiger partial charge on any atom is 0.410 e. The summed E-state index contributed by atoms with van der Waals surface area (Å²) in [6.07, 6.45) is 5.28. The fraction of sp³-hybridized carbons (Fsp3) is 0.433. The van der Waals surface area contributed by atoms with Gasteiger partial charge in [-0.2, -0.15) is 5.10 Å². The topological polar surface area (TPSA) is 75.5 Å². The van der Waals surface area contributed by atoms with Crippen molar-refractivity contribution in [3.05, 3.63) is 60.1 Å². The van der Waals surface area contributed by atoms with Crippen LogP contribution in [0.15, 0.2) is 43.4 Å². The Morgan fingerprint density at radius 3 is 2.57 bits per heavy atom. The number of nitrogens with zero attached hydrogens (tertiary/aromatic N) is 4. The van der Waals surface area contributed by atoms with Crippen LogP contribution in [-0.4, -0.2) is 49.3 Å². The second-order valence-corrected chi connectivity index (χ2v) is 11.6. The lowest BCUT2D eigenvalue weighted by Gasteiger charge is -2.33. The number of likely N-dealkylation sites (tertiary alicyclic amines) is 1. The first-order valence-electron chi connectivity index (χ1n) is 13.1. The van der Waals surface area contributed by atoms with E-state index in [2.05, 4.69) is 59.8 Å². The van der Waals surface area contributed by atoms with Gasteiger partial charge in [-0.3, -0.25) is 0 Å². The highest BCUT2D eigenvalue weighted by molar-refractivity contribution is 5.92. The van der Waals surface area contributed by atoms with Gasteiger partial charge in [0.05, 0.1) is 5.69 Å². The SMILES string of the molecule is C=C(C)c1cc(-c2[nH]c3ccc(C4CCN(C(=O)OC(C)(C)C)CC4)cc3c2C(C)C)cn2ncnc12. The minimum absolute atomic E-state index is 0.211. The second-order valence-electron chi connectivity index (χ2n) is 11.6. The Kier molecular flexibility index (Phi) is 6.34. The number of hydrogen-bond acceptors (Lipinski definition) is 4. The third-order valence-electron chi connectivity index (χ3n) is 7.18. The lowest BCUT2D eigenvalue weighted by atomic mass is 9.87. The minimum atomic E-state index is -0.470. The largest absolute Gasteiger partial charge is 0.444 e. The Morgan fingerprint density at radius 1 is 1.19 bits per heavy atom. The summed E-state index contributed by atoms with van der Waals surface area (Å²) < 4.78 is 7.41. The van der Waals surface area contributed by atoms with Crippen molar-refractivity contribution < 1.29 is 9.53 Å². The van der Waals surface area contributed by atoms with Crippen molar-refractivity contribution in [2.75, 3.05) is 13.1 Å². The van der Waals surface area contributed by atoms with Crippen molar-refractivity contribution in [2.24, 2.45) is 0 Å². The summed E-state index contributed by atoms with van der Waals surface area (Å²) in [5, 5.41) is 5.66. The highest BCUT2D eigenvalue weighted by atomic mass is 16.6. The number of pyridine rings is 1. The molecule has 1 N–H and O–H groups in total. The average Bonchev–Trinajstić information content (AvgIpc) is 3.46. The molecule has 0 saturated carbocycles. The normalized spacial score (nSPS) is 15.2. The van der Waals surface area contributed by atoms with Crippen LogP contribution in [0.1, 0.15) is 82.9 Å². The Labute approximate surface area is 218 Å². The van der Waals surface area contributed by atoms with E-state index in [9.17, 15) is 4.79 Å². The number of rotatable bonds is 4. The van der Waals surface area contributed by atoms with E-state index in [0.717, 1.165) is 46.4 Å². The number of benzene rings is 1. The zero-order valence-electron chi connectivity index (χ0n) is 22.8. The van der Waals surface area contributed by atoms with E-state index in [4.69, 9.17) is 4.74 Å². The number of carbonyl (C=O) groups excluding carboxylic acids is 1. The lowest BCUT2D eigenvalue weighted by Crippen LogP contribution is -2.41. The molecule has 0 atom stereocenters. The van der Waals surface area contributed by atoms with E-state index in [1.807, 2.05) is 43.3 Å². The van der Waals surface area contributed by atoms with Crippen LogP contribution in [0.5, 0.6) is 0 Å². The zero-order valence-corrected chi connectivity index (χ0v) is 22.8. The van der Waals surface area contributed by atoms with Crippen molar-refractivity contribution in [1.82, 2.24) is 24.5 Å². The summed E-state index contributed by atoms with van der Waals surface area (Å²) in [6, 6.07) is 8.96. The third-order valence-corrected chi connectivity index (χ3v) is 7.18. The first kappa shape index (κ1) is 25.1. The molecular formula is C30H37N5O2. The van der Waals surface area contributed by atoms with Crippen LogP contribution in [-0.2, 0) is 4.74 Å². The lowest BCUT2D eigenvalue weighted by molar-refractivity contribution is 0.0205. The third kappa shape index (κ3) is 4.87. The molecular weight excluding hydrogens is 462 g/mol. The van der Waals surface area contributed by atoms with Gasteiger partial charge >= 0.3 is 6.09 Å². The van der Waals surface area contributed by atoms with Gasteiger partial charge in [-0.1, -0.05) is 26.5 Å². The number of hydrogen-bond donors (Lipinski definition) is 1. The van der Waals surface area contributed by atoms with E-state index < -0.39 is 5.60 Å². The molecule has 4 aromatic rings. The van der Waals surface area contributed by atoms with E-state index >= 15 is 0 Å². The van der Waals surface area contributed by atoms with Gasteiger partial charge in [0.1, 0.15) is 11.9 Å². The van der Waals surface area contributed by atoms with E-state index in [0.29, 0.717) is 24.9 Å². The number of piperidine rings is 1. The number of allylic oxidation sites excluding steroid dienone is 1. The Balaban J connectivity index is 1.47. The second kappa shape index (κ2) is 9.36. The maximum absolute atomic E-state index is 12.5. The van der Waals surface area contributed by atoms with Gasteiger partial charge in [-0.15, -0.1) is 0 Å². The highest BCUT2D eigenvalue weighted by Crippen LogP contribution is 2.39. The first-order chi connectivity index (χ1) is 17.5. The van der Waals surface area contributed by atoms with E-state index in [-0.39, 0.29) is 6.09 Å². The quantitative estimate of drug-likeness (QED) is 0.323. The fourth-order valence-corrected chi connectivity index (χ4v) is 5.41.